The summed E-state index contributed by atoms with van der Waals surface area (Å²) in [6, 6.07) is 0. The number of rotatable bonds is 5. The van der Waals surface area contributed by atoms with Gasteiger partial charge in [-0.3, -0.25) is 4.79 Å². The number of aliphatic hydroxyl groups is 1. The molecule has 4 nitrogen and oxygen atoms in total. The summed E-state index contributed by atoms with van der Waals surface area (Å²) in [6.07, 6.45) is 0. The Morgan fingerprint density at radius 3 is 2.42 bits per heavy atom. The van der Waals surface area contributed by atoms with E-state index in [-0.39, 0.29) is 12.5 Å². The summed E-state index contributed by atoms with van der Waals surface area (Å²) in [5.41, 5.74) is -0.838. The Kier molecular flexibility index (Phi) is 4.20. The van der Waals surface area contributed by atoms with Crippen LogP contribution in [0, 0.1) is 5.92 Å². The molecular weight excluding hydrogens is 158 g/mol. The van der Waals surface area contributed by atoms with Gasteiger partial charge in [0.15, 0.2) is 0 Å². The van der Waals surface area contributed by atoms with Crippen LogP contribution in [0.1, 0.15) is 20.8 Å². The molecule has 0 fully saturated rings. The third-order valence-electron chi connectivity index (χ3n) is 2.00. The molecule has 0 bridgehead atoms. The highest BCUT2D eigenvalue weighted by atomic mass is 16.4. The van der Waals surface area contributed by atoms with Gasteiger partial charge in [0.25, 0.3) is 0 Å². The summed E-state index contributed by atoms with van der Waals surface area (Å²) in [5.74, 6) is -0.798. The van der Waals surface area contributed by atoms with Crippen LogP contribution in [0.3, 0.4) is 0 Å². The molecule has 0 radical (unpaired) electrons. The topological polar surface area (TPSA) is 69.6 Å². The van der Waals surface area contributed by atoms with E-state index in [2.05, 4.69) is 5.32 Å². The smallest absolute Gasteiger partial charge is 0.317 e. The van der Waals surface area contributed by atoms with Crippen molar-refractivity contribution in [3.63, 3.8) is 0 Å². The summed E-state index contributed by atoms with van der Waals surface area (Å²) in [5, 5.41) is 20.6. The predicted octanol–water partition coefficient (Wildman–Crippen LogP) is 0.0676. The zero-order chi connectivity index (χ0) is 9.78. The van der Waals surface area contributed by atoms with E-state index in [1.165, 1.54) is 0 Å². The van der Waals surface area contributed by atoms with E-state index in [1.54, 1.807) is 6.92 Å². The standard InChI is InChI=1S/C8H17NO3/c1-6(2)8(3,12)5-9-4-7(10)11/h6,9,12H,4-5H2,1-3H3,(H,10,11). The lowest BCUT2D eigenvalue weighted by Gasteiger charge is -2.27. The van der Waals surface area contributed by atoms with Gasteiger partial charge in [0.05, 0.1) is 12.1 Å². The fraction of sp³-hybridized carbons (Fsp3) is 0.875. The lowest BCUT2D eigenvalue weighted by molar-refractivity contribution is -0.136. The Bertz CT molecular complexity index is 154. The van der Waals surface area contributed by atoms with Crippen molar-refractivity contribution in [1.29, 1.82) is 0 Å². The number of carboxylic acid groups (broad SMARTS) is 1. The highest BCUT2D eigenvalue weighted by Crippen LogP contribution is 2.13. The molecule has 0 saturated heterocycles. The summed E-state index contributed by atoms with van der Waals surface area (Å²) >= 11 is 0. The Morgan fingerprint density at radius 1 is 1.58 bits per heavy atom. The predicted molar refractivity (Wildman–Crippen MR) is 46.0 cm³/mol. The second-order valence-electron chi connectivity index (χ2n) is 3.51. The molecule has 0 aliphatic heterocycles. The largest absolute Gasteiger partial charge is 0.480 e. The summed E-state index contributed by atoms with van der Waals surface area (Å²) < 4.78 is 0. The zero-order valence-corrected chi connectivity index (χ0v) is 7.79. The summed E-state index contributed by atoms with van der Waals surface area (Å²) in [4.78, 5) is 10.1. The van der Waals surface area contributed by atoms with Crippen molar-refractivity contribution >= 4 is 5.97 Å². The van der Waals surface area contributed by atoms with E-state index in [9.17, 15) is 9.90 Å². The third kappa shape index (κ3) is 4.31. The number of carbonyl (C=O) groups is 1. The van der Waals surface area contributed by atoms with E-state index < -0.39 is 11.6 Å². The maximum absolute atomic E-state index is 10.1. The van der Waals surface area contributed by atoms with Crippen molar-refractivity contribution in [1.82, 2.24) is 5.32 Å². The Labute approximate surface area is 72.6 Å². The molecule has 0 aromatic carbocycles. The molecule has 1 unspecified atom stereocenters. The van der Waals surface area contributed by atoms with Gasteiger partial charge in [-0.15, -0.1) is 0 Å². The van der Waals surface area contributed by atoms with Crippen LogP contribution in [0.5, 0.6) is 0 Å². The number of hydrogen-bond acceptors (Lipinski definition) is 3. The molecule has 0 aromatic rings. The van der Waals surface area contributed by atoms with E-state index in [1.807, 2.05) is 13.8 Å². The fourth-order valence-electron chi connectivity index (χ4n) is 0.627. The van der Waals surface area contributed by atoms with Crippen molar-refractivity contribution < 1.29 is 15.0 Å². The van der Waals surface area contributed by atoms with Crippen LogP contribution in [0.4, 0.5) is 0 Å². The number of carboxylic acids is 1. The van der Waals surface area contributed by atoms with Crippen LogP contribution in [0.2, 0.25) is 0 Å². The first-order valence-electron chi connectivity index (χ1n) is 4.01. The van der Waals surface area contributed by atoms with E-state index >= 15 is 0 Å². The van der Waals surface area contributed by atoms with Gasteiger partial charge in [0.1, 0.15) is 0 Å². The molecule has 3 N–H and O–H groups in total. The minimum Gasteiger partial charge on any atom is -0.480 e. The minimum atomic E-state index is -0.908. The Balaban J connectivity index is 3.69. The maximum Gasteiger partial charge on any atom is 0.317 e. The highest BCUT2D eigenvalue weighted by Gasteiger charge is 2.24. The molecule has 12 heavy (non-hydrogen) atoms. The van der Waals surface area contributed by atoms with Gasteiger partial charge in [0.2, 0.25) is 0 Å². The van der Waals surface area contributed by atoms with Crippen LogP contribution in [-0.2, 0) is 4.79 Å². The third-order valence-corrected chi connectivity index (χ3v) is 2.00. The fourth-order valence-corrected chi connectivity index (χ4v) is 0.627. The second kappa shape index (κ2) is 4.42. The average Bonchev–Trinajstić information content (AvgIpc) is 1.85. The maximum atomic E-state index is 10.1. The molecule has 0 heterocycles. The van der Waals surface area contributed by atoms with Crippen LogP contribution in [0.25, 0.3) is 0 Å². The lowest BCUT2D eigenvalue weighted by Crippen LogP contribution is -2.43. The molecule has 0 aliphatic rings. The molecule has 0 amide bonds. The normalized spacial score (nSPS) is 16.1. The summed E-state index contributed by atoms with van der Waals surface area (Å²) in [6.45, 7) is 5.66. The molecule has 0 spiro atoms. The first kappa shape index (κ1) is 11.4. The molecule has 0 aliphatic carbocycles. The van der Waals surface area contributed by atoms with Gasteiger partial charge in [-0.2, -0.15) is 0 Å². The average molecular weight is 175 g/mol. The molecule has 72 valence electrons. The van der Waals surface area contributed by atoms with Crippen LogP contribution >= 0.6 is 0 Å². The second-order valence-corrected chi connectivity index (χ2v) is 3.51. The lowest BCUT2D eigenvalue weighted by atomic mass is 9.93. The van der Waals surface area contributed by atoms with Gasteiger partial charge in [-0.05, 0) is 12.8 Å². The van der Waals surface area contributed by atoms with Crippen LogP contribution < -0.4 is 5.32 Å². The SMILES string of the molecule is CC(C)C(C)(O)CNCC(=O)O. The van der Waals surface area contributed by atoms with Crippen molar-refractivity contribution in [3.05, 3.63) is 0 Å². The number of aliphatic carboxylic acids is 1. The molecule has 4 heteroatoms. The minimum absolute atomic E-state index is 0.108. The highest BCUT2D eigenvalue weighted by molar-refractivity contribution is 5.68. The van der Waals surface area contributed by atoms with Crippen molar-refractivity contribution in [3.8, 4) is 0 Å². The number of nitrogens with one attached hydrogen (secondary N) is 1. The Morgan fingerprint density at radius 2 is 2.08 bits per heavy atom. The molecule has 0 saturated carbocycles. The van der Waals surface area contributed by atoms with E-state index in [4.69, 9.17) is 5.11 Å². The van der Waals surface area contributed by atoms with Crippen molar-refractivity contribution in [2.75, 3.05) is 13.1 Å². The molecule has 0 rings (SSSR count). The van der Waals surface area contributed by atoms with Gasteiger partial charge in [0, 0.05) is 6.54 Å². The van der Waals surface area contributed by atoms with Crippen LogP contribution in [-0.4, -0.2) is 34.9 Å². The van der Waals surface area contributed by atoms with Crippen molar-refractivity contribution in [2.45, 2.75) is 26.4 Å². The monoisotopic (exact) mass is 175 g/mol. The van der Waals surface area contributed by atoms with Crippen molar-refractivity contribution in [2.24, 2.45) is 5.92 Å². The summed E-state index contributed by atoms with van der Waals surface area (Å²) in [7, 11) is 0. The van der Waals surface area contributed by atoms with Gasteiger partial charge in [-0.1, -0.05) is 13.8 Å². The number of hydrogen-bond donors (Lipinski definition) is 3. The van der Waals surface area contributed by atoms with Gasteiger partial charge < -0.3 is 15.5 Å². The van der Waals surface area contributed by atoms with Gasteiger partial charge in [-0.25, -0.2) is 0 Å². The Hall–Kier alpha value is -0.610. The molecule has 0 aromatic heterocycles. The molecule has 1 atom stereocenters. The first-order chi connectivity index (χ1) is 5.36. The first-order valence-corrected chi connectivity index (χ1v) is 4.01. The molecular formula is C8H17NO3. The quantitative estimate of drug-likeness (QED) is 0.553. The zero-order valence-electron chi connectivity index (χ0n) is 7.79. The van der Waals surface area contributed by atoms with E-state index in [0.717, 1.165) is 0 Å². The van der Waals surface area contributed by atoms with Crippen LogP contribution in [0.15, 0.2) is 0 Å². The van der Waals surface area contributed by atoms with E-state index in [0.29, 0.717) is 6.54 Å². The van der Waals surface area contributed by atoms with Gasteiger partial charge >= 0.3 is 5.97 Å².